The van der Waals surface area contributed by atoms with Crippen LogP contribution in [0.3, 0.4) is 0 Å². The highest BCUT2D eigenvalue weighted by atomic mass is 19.1. The second-order valence-corrected chi connectivity index (χ2v) is 10.6. The lowest BCUT2D eigenvalue weighted by Crippen LogP contribution is -2.49. The van der Waals surface area contributed by atoms with Gasteiger partial charge in [-0.15, -0.1) is 0 Å². The fraction of sp³-hybridized carbons (Fsp3) is 0.387. The molecule has 2 aliphatic heterocycles. The Kier molecular flexibility index (Phi) is 6.70. The second-order valence-electron chi connectivity index (χ2n) is 10.6. The van der Waals surface area contributed by atoms with Gasteiger partial charge in [-0.1, -0.05) is 42.5 Å². The van der Waals surface area contributed by atoms with E-state index in [1.807, 2.05) is 17.0 Å². The zero-order chi connectivity index (χ0) is 25.4. The maximum atomic E-state index is 13.5. The minimum Gasteiger partial charge on any atom is -0.369 e. The summed E-state index contributed by atoms with van der Waals surface area (Å²) >= 11 is 0. The number of carbonyl (C=O) groups is 1. The summed E-state index contributed by atoms with van der Waals surface area (Å²) in [5.41, 5.74) is 5.78. The second kappa shape index (κ2) is 10.3. The van der Waals surface area contributed by atoms with Crippen LogP contribution >= 0.6 is 0 Å². The van der Waals surface area contributed by atoms with E-state index < -0.39 is 6.10 Å². The van der Waals surface area contributed by atoms with E-state index in [1.54, 1.807) is 0 Å². The Hall–Kier alpha value is -3.22. The van der Waals surface area contributed by atoms with Crippen LogP contribution in [0.5, 0.6) is 0 Å². The highest BCUT2D eigenvalue weighted by molar-refractivity contribution is 5.97. The Morgan fingerprint density at radius 3 is 2.19 bits per heavy atom. The van der Waals surface area contributed by atoms with E-state index >= 15 is 0 Å². The molecule has 0 N–H and O–H groups in total. The number of halogens is 1. The zero-order valence-electron chi connectivity index (χ0n) is 21.4. The van der Waals surface area contributed by atoms with Crippen molar-refractivity contribution in [3.63, 3.8) is 0 Å². The molecule has 0 bridgehead atoms. The van der Waals surface area contributed by atoms with Gasteiger partial charge in [0.05, 0.1) is 6.61 Å². The highest BCUT2D eigenvalue weighted by Gasteiger charge is 2.39. The number of piperazine rings is 1. The summed E-state index contributed by atoms with van der Waals surface area (Å²) in [5, 5.41) is 0. The molecule has 1 aliphatic carbocycles. The van der Waals surface area contributed by atoms with Gasteiger partial charge in [-0.3, -0.25) is 4.79 Å². The van der Waals surface area contributed by atoms with Gasteiger partial charge < -0.3 is 19.4 Å². The van der Waals surface area contributed by atoms with Crippen LogP contribution in [0.1, 0.15) is 34.9 Å². The molecule has 192 valence electrons. The number of hydrogen-bond acceptors (Lipinski definition) is 4. The summed E-state index contributed by atoms with van der Waals surface area (Å²) in [4.78, 5) is 20.2. The number of rotatable bonds is 6. The molecule has 1 saturated carbocycles. The van der Waals surface area contributed by atoms with Crippen molar-refractivity contribution in [3.8, 4) is 0 Å². The summed E-state index contributed by atoms with van der Waals surface area (Å²) in [5.74, 6) is 0.740. The molecular formula is C31H34FN3O2. The molecular weight excluding hydrogens is 465 g/mol. The molecule has 3 aliphatic rings. The van der Waals surface area contributed by atoms with Gasteiger partial charge in [-0.2, -0.15) is 0 Å². The Balaban J connectivity index is 1.12. The topological polar surface area (TPSA) is 36.0 Å². The summed E-state index contributed by atoms with van der Waals surface area (Å²) in [6.45, 7) is 5.17. The van der Waals surface area contributed by atoms with Crippen molar-refractivity contribution in [1.82, 2.24) is 4.90 Å². The van der Waals surface area contributed by atoms with Crippen molar-refractivity contribution >= 4 is 17.3 Å². The van der Waals surface area contributed by atoms with Crippen LogP contribution in [-0.4, -0.2) is 63.3 Å². The number of ether oxygens (including phenoxy) is 1. The standard InChI is InChI=1S/C31H34FN3O2/c1-33-14-16-34(17-15-33)29-5-3-2-4-24(29)20-30-31(36)35(18-19-37-30)26-12-8-23(9-13-26)28-21-27(28)22-6-10-25(32)11-7-22/h2-13,27-28,30H,14-21H2,1H3. The van der Waals surface area contributed by atoms with Crippen LogP contribution in [0.15, 0.2) is 72.8 Å². The van der Waals surface area contributed by atoms with Crippen LogP contribution in [-0.2, 0) is 16.0 Å². The first-order chi connectivity index (χ1) is 18.1. The average Bonchev–Trinajstić information content (AvgIpc) is 3.72. The molecule has 3 unspecified atom stereocenters. The number of carbonyl (C=O) groups excluding carboxylic acids is 1. The van der Waals surface area contributed by atoms with Crippen LogP contribution < -0.4 is 9.80 Å². The van der Waals surface area contributed by atoms with E-state index in [2.05, 4.69) is 65.4 Å². The zero-order valence-corrected chi connectivity index (χ0v) is 21.4. The molecule has 37 heavy (non-hydrogen) atoms. The van der Waals surface area contributed by atoms with E-state index in [0.29, 0.717) is 31.4 Å². The van der Waals surface area contributed by atoms with Crippen molar-refractivity contribution in [1.29, 1.82) is 0 Å². The largest absolute Gasteiger partial charge is 0.369 e. The van der Waals surface area contributed by atoms with Gasteiger partial charge in [-0.05, 0) is 72.3 Å². The van der Waals surface area contributed by atoms with Gasteiger partial charge >= 0.3 is 0 Å². The maximum Gasteiger partial charge on any atom is 0.256 e. The molecule has 6 rings (SSSR count). The number of anilines is 2. The van der Waals surface area contributed by atoms with Crippen molar-refractivity contribution in [2.75, 3.05) is 56.2 Å². The third-order valence-corrected chi connectivity index (χ3v) is 8.14. The summed E-state index contributed by atoms with van der Waals surface area (Å²) in [6.07, 6.45) is 1.18. The van der Waals surface area contributed by atoms with E-state index in [1.165, 1.54) is 34.5 Å². The molecule has 0 aromatic heterocycles. The first kappa shape index (κ1) is 24.1. The smallest absolute Gasteiger partial charge is 0.256 e. The van der Waals surface area contributed by atoms with Crippen LogP contribution in [0.2, 0.25) is 0 Å². The fourth-order valence-corrected chi connectivity index (χ4v) is 5.83. The van der Waals surface area contributed by atoms with Crippen molar-refractivity contribution < 1.29 is 13.9 Å². The SMILES string of the molecule is CN1CCN(c2ccccc2CC2OCCN(c3ccc(C4CC4c4ccc(F)cc4)cc3)C2=O)CC1. The Bertz CT molecular complexity index is 1240. The highest BCUT2D eigenvalue weighted by Crippen LogP contribution is 2.54. The van der Waals surface area contributed by atoms with Crippen molar-refractivity contribution in [2.24, 2.45) is 0 Å². The lowest BCUT2D eigenvalue weighted by molar-refractivity contribution is -0.133. The minimum absolute atomic E-state index is 0.0304. The van der Waals surface area contributed by atoms with Crippen molar-refractivity contribution in [2.45, 2.75) is 30.8 Å². The Morgan fingerprint density at radius 1 is 0.838 bits per heavy atom. The number of para-hydroxylation sites is 1. The third-order valence-electron chi connectivity index (χ3n) is 8.14. The van der Waals surface area contributed by atoms with E-state index in [0.717, 1.165) is 38.3 Å². The van der Waals surface area contributed by atoms with E-state index in [9.17, 15) is 9.18 Å². The average molecular weight is 500 g/mol. The predicted molar refractivity (Wildman–Crippen MR) is 145 cm³/mol. The van der Waals surface area contributed by atoms with Crippen LogP contribution in [0.25, 0.3) is 0 Å². The molecule has 0 radical (unpaired) electrons. The van der Waals surface area contributed by atoms with Gasteiger partial charge in [0.2, 0.25) is 0 Å². The number of morpholine rings is 1. The number of amides is 1. The Morgan fingerprint density at radius 2 is 1.49 bits per heavy atom. The molecule has 5 nitrogen and oxygen atoms in total. The first-order valence-corrected chi connectivity index (χ1v) is 13.4. The molecule has 3 aromatic carbocycles. The van der Waals surface area contributed by atoms with E-state index in [-0.39, 0.29) is 11.7 Å². The van der Waals surface area contributed by atoms with Gasteiger partial charge in [0, 0.05) is 50.5 Å². The van der Waals surface area contributed by atoms with Crippen LogP contribution in [0, 0.1) is 5.82 Å². The number of nitrogens with zero attached hydrogens (tertiary/aromatic N) is 3. The summed E-state index contributed by atoms with van der Waals surface area (Å²) < 4.78 is 19.3. The summed E-state index contributed by atoms with van der Waals surface area (Å²) in [7, 11) is 2.16. The van der Waals surface area contributed by atoms with Gasteiger partial charge in [0.1, 0.15) is 11.9 Å². The number of likely N-dealkylation sites (N-methyl/N-ethyl adjacent to an activating group) is 1. The Labute approximate surface area is 218 Å². The predicted octanol–water partition coefficient (Wildman–Crippen LogP) is 4.82. The third kappa shape index (κ3) is 5.13. The monoisotopic (exact) mass is 499 g/mol. The summed E-state index contributed by atoms with van der Waals surface area (Å²) in [6, 6.07) is 23.7. The molecule has 1 amide bonds. The normalized spacial score (nSPS) is 24.4. The number of benzene rings is 3. The quantitative estimate of drug-likeness (QED) is 0.487. The maximum absolute atomic E-state index is 13.5. The van der Waals surface area contributed by atoms with Crippen LogP contribution in [0.4, 0.5) is 15.8 Å². The number of hydrogen-bond donors (Lipinski definition) is 0. The molecule has 3 fully saturated rings. The van der Waals surface area contributed by atoms with Gasteiger partial charge in [0.25, 0.3) is 5.91 Å². The van der Waals surface area contributed by atoms with E-state index in [4.69, 9.17) is 4.74 Å². The molecule has 3 aromatic rings. The lowest BCUT2D eigenvalue weighted by Gasteiger charge is -2.36. The minimum atomic E-state index is -0.478. The van der Waals surface area contributed by atoms with Gasteiger partial charge in [0.15, 0.2) is 0 Å². The molecule has 2 heterocycles. The lowest BCUT2D eigenvalue weighted by atomic mass is 10.0. The molecule has 2 saturated heterocycles. The van der Waals surface area contributed by atoms with Crippen molar-refractivity contribution in [3.05, 3.63) is 95.3 Å². The van der Waals surface area contributed by atoms with Gasteiger partial charge in [-0.25, -0.2) is 4.39 Å². The molecule has 3 atom stereocenters. The fourth-order valence-electron chi connectivity index (χ4n) is 5.83. The molecule has 6 heteroatoms. The first-order valence-electron chi connectivity index (χ1n) is 13.4. The molecule has 0 spiro atoms.